The Balaban J connectivity index is 2.44. The van der Waals surface area contributed by atoms with Crippen LogP contribution in [0.15, 0.2) is 18.2 Å². The molecule has 0 spiro atoms. The first-order valence-corrected chi connectivity index (χ1v) is 6.57. The van der Waals surface area contributed by atoms with Crippen LogP contribution in [-0.4, -0.2) is 24.2 Å². The smallest absolute Gasteiger partial charge is 0.254 e. The molecule has 1 amide bonds. The second-order valence-electron chi connectivity index (χ2n) is 5.31. The molecule has 19 heavy (non-hydrogen) atoms. The predicted octanol–water partition coefficient (Wildman–Crippen LogP) is 3.01. The van der Waals surface area contributed by atoms with Crippen LogP contribution in [0.1, 0.15) is 37.0 Å². The molecule has 0 fully saturated rings. The van der Waals surface area contributed by atoms with Crippen molar-refractivity contribution in [2.75, 3.05) is 13.2 Å². The first kappa shape index (κ1) is 15.9. The highest BCUT2D eigenvalue weighted by molar-refractivity contribution is 6.30. The van der Waals surface area contributed by atoms with Crippen LogP contribution >= 0.6 is 11.6 Å². The zero-order valence-electron chi connectivity index (χ0n) is 11.2. The lowest BCUT2D eigenvalue weighted by Gasteiger charge is -2.21. The van der Waals surface area contributed by atoms with E-state index in [1.54, 1.807) is 0 Å². The van der Waals surface area contributed by atoms with Gasteiger partial charge in [0.25, 0.3) is 5.91 Å². The summed E-state index contributed by atoms with van der Waals surface area (Å²) < 4.78 is 13.5. The Hall–Kier alpha value is -1.13. The Morgan fingerprint density at radius 1 is 1.47 bits per heavy atom. The van der Waals surface area contributed by atoms with Crippen molar-refractivity contribution in [2.45, 2.75) is 26.7 Å². The highest BCUT2D eigenvalue weighted by Gasteiger charge is 2.16. The highest BCUT2D eigenvalue weighted by atomic mass is 35.5. The zero-order chi connectivity index (χ0) is 14.5. The number of hydrogen-bond donors (Lipinski definition) is 2. The Bertz CT molecular complexity index is 449. The van der Waals surface area contributed by atoms with E-state index in [0.29, 0.717) is 6.54 Å². The average Bonchev–Trinajstić information content (AvgIpc) is 2.34. The quantitative estimate of drug-likeness (QED) is 0.790. The summed E-state index contributed by atoms with van der Waals surface area (Å²) >= 11 is 5.62. The molecule has 0 aliphatic rings. The molecule has 0 aliphatic carbocycles. The van der Waals surface area contributed by atoms with Crippen molar-refractivity contribution in [1.29, 1.82) is 0 Å². The average molecular weight is 288 g/mol. The standard InChI is InChI=1S/C14H19ClFNO2/c1-14(2,9-18)6-3-7-17-13(19)11-5-4-10(15)8-12(11)16/h4-5,8,18H,3,6-7,9H2,1-2H3,(H,17,19). The number of halogens is 2. The maximum absolute atomic E-state index is 13.5. The third kappa shape index (κ3) is 5.17. The van der Waals surface area contributed by atoms with Crippen molar-refractivity contribution in [3.63, 3.8) is 0 Å². The number of hydrogen-bond acceptors (Lipinski definition) is 2. The minimum absolute atomic E-state index is 0.00850. The fraction of sp³-hybridized carbons (Fsp3) is 0.500. The number of carbonyl (C=O) groups is 1. The van der Waals surface area contributed by atoms with Gasteiger partial charge < -0.3 is 10.4 Å². The van der Waals surface area contributed by atoms with Crippen LogP contribution in [0.3, 0.4) is 0 Å². The lowest BCUT2D eigenvalue weighted by Crippen LogP contribution is -2.27. The molecule has 1 rings (SSSR count). The first-order valence-electron chi connectivity index (χ1n) is 6.20. The van der Waals surface area contributed by atoms with E-state index in [-0.39, 0.29) is 22.6 Å². The van der Waals surface area contributed by atoms with Crippen LogP contribution < -0.4 is 5.32 Å². The Morgan fingerprint density at radius 3 is 2.74 bits per heavy atom. The molecule has 1 aromatic rings. The van der Waals surface area contributed by atoms with Gasteiger partial charge in [-0.25, -0.2) is 4.39 Å². The van der Waals surface area contributed by atoms with Crippen LogP contribution in [0.25, 0.3) is 0 Å². The summed E-state index contributed by atoms with van der Waals surface area (Å²) in [6.45, 7) is 4.46. The van der Waals surface area contributed by atoms with Gasteiger partial charge in [0.15, 0.2) is 0 Å². The Labute approximate surface area is 117 Å². The molecular formula is C14H19ClFNO2. The Morgan fingerprint density at radius 2 is 2.16 bits per heavy atom. The third-order valence-electron chi connectivity index (χ3n) is 2.92. The summed E-state index contributed by atoms with van der Waals surface area (Å²) in [6.07, 6.45) is 1.52. The summed E-state index contributed by atoms with van der Waals surface area (Å²) in [4.78, 5) is 11.7. The number of aliphatic hydroxyl groups excluding tert-OH is 1. The monoisotopic (exact) mass is 287 g/mol. The predicted molar refractivity (Wildman–Crippen MR) is 73.8 cm³/mol. The Kier molecular flexibility index (Phi) is 5.76. The van der Waals surface area contributed by atoms with Gasteiger partial charge in [-0.2, -0.15) is 0 Å². The number of amides is 1. The van der Waals surface area contributed by atoms with E-state index in [0.717, 1.165) is 18.9 Å². The molecule has 0 heterocycles. The highest BCUT2D eigenvalue weighted by Crippen LogP contribution is 2.20. The van der Waals surface area contributed by atoms with Gasteiger partial charge in [-0.1, -0.05) is 25.4 Å². The van der Waals surface area contributed by atoms with Crippen molar-refractivity contribution in [3.05, 3.63) is 34.6 Å². The van der Waals surface area contributed by atoms with Crippen LogP contribution in [0, 0.1) is 11.2 Å². The minimum atomic E-state index is -0.624. The molecule has 0 bridgehead atoms. The normalized spacial score (nSPS) is 11.4. The second-order valence-corrected chi connectivity index (χ2v) is 5.74. The van der Waals surface area contributed by atoms with E-state index in [1.165, 1.54) is 12.1 Å². The van der Waals surface area contributed by atoms with E-state index < -0.39 is 11.7 Å². The molecular weight excluding hydrogens is 269 g/mol. The van der Waals surface area contributed by atoms with Crippen molar-refractivity contribution in [2.24, 2.45) is 5.41 Å². The summed E-state index contributed by atoms with van der Waals surface area (Å²) in [5, 5.41) is 12.0. The summed E-state index contributed by atoms with van der Waals surface area (Å²) in [5.41, 5.74) is -0.165. The molecule has 2 N–H and O–H groups in total. The van der Waals surface area contributed by atoms with Gasteiger partial charge in [-0.15, -0.1) is 0 Å². The number of nitrogens with one attached hydrogen (secondary N) is 1. The van der Waals surface area contributed by atoms with E-state index in [2.05, 4.69) is 5.32 Å². The largest absolute Gasteiger partial charge is 0.396 e. The van der Waals surface area contributed by atoms with Gasteiger partial charge in [-0.05, 0) is 36.5 Å². The summed E-state index contributed by atoms with van der Waals surface area (Å²) in [6, 6.07) is 3.96. The number of rotatable bonds is 6. The van der Waals surface area contributed by atoms with Gasteiger partial charge in [0.2, 0.25) is 0 Å². The number of carbonyl (C=O) groups excluding carboxylic acids is 1. The van der Waals surface area contributed by atoms with E-state index in [4.69, 9.17) is 16.7 Å². The molecule has 0 unspecified atom stereocenters. The maximum Gasteiger partial charge on any atom is 0.254 e. The van der Waals surface area contributed by atoms with E-state index in [1.807, 2.05) is 13.8 Å². The topological polar surface area (TPSA) is 49.3 Å². The number of aliphatic hydroxyl groups is 1. The minimum Gasteiger partial charge on any atom is -0.396 e. The van der Waals surface area contributed by atoms with Gasteiger partial charge in [-0.3, -0.25) is 4.79 Å². The summed E-state index contributed by atoms with van der Waals surface area (Å²) in [5.74, 6) is -1.07. The molecule has 0 atom stereocenters. The lowest BCUT2D eigenvalue weighted by molar-refractivity contribution is 0.0944. The first-order chi connectivity index (χ1) is 8.85. The molecule has 5 heteroatoms. The van der Waals surface area contributed by atoms with Gasteiger partial charge in [0.05, 0.1) is 5.56 Å². The van der Waals surface area contributed by atoms with Gasteiger partial charge in [0.1, 0.15) is 5.82 Å². The molecule has 0 saturated heterocycles. The molecule has 0 saturated carbocycles. The third-order valence-corrected chi connectivity index (χ3v) is 3.15. The maximum atomic E-state index is 13.5. The second kappa shape index (κ2) is 6.87. The van der Waals surface area contributed by atoms with Crippen LogP contribution in [-0.2, 0) is 0 Å². The molecule has 0 radical (unpaired) electrons. The van der Waals surface area contributed by atoms with E-state index in [9.17, 15) is 9.18 Å². The molecule has 3 nitrogen and oxygen atoms in total. The van der Waals surface area contributed by atoms with Crippen molar-refractivity contribution in [3.8, 4) is 0 Å². The van der Waals surface area contributed by atoms with Gasteiger partial charge in [0, 0.05) is 18.2 Å². The van der Waals surface area contributed by atoms with Gasteiger partial charge >= 0.3 is 0 Å². The SMILES string of the molecule is CC(C)(CO)CCCNC(=O)c1ccc(Cl)cc1F. The number of benzene rings is 1. The van der Waals surface area contributed by atoms with Crippen molar-refractivity contribution >= 4 is 17.5 Å². The van der Waals surface area contributed by atoms with Crippen LogP contribution in [0.5, 0.6) is 0 Å². The lowest BCUT2D eigenvalue weighted by atomic mass is 9.89. The molecule has 0 aliphatic heterocycles. The van der Waals surface area contributed by atoms with Crippen molar-refractivity contribution in [1.82, 2.24) is 5.32 Å². The molecule has 106 valence electrons. The van der Waals surface area contributed by atoms with Crippen LogP contribution in [0.4, 0.5) is 4.39 Å². The fourth-order valence-electron chi connectivity index (χ4n) is 1.62. The van der Waals surface area contributed by atoms with Crippen LogP contribution in [0.2, 0.25) is 5.02 Å². The fourth-order valence-corrected chi connectivity index (χ4v) is 1.78. The molecule has 0 aromatic heterocycles. The van der Waals surface area contributed by atoms with E-state index >= 15 is 0 Å². The molecule has 1 aromatic carbocycles. The van der Waals surface area contributed by atoms with Crippen molar-refractivity contribution < 1.29 is 14.3 Å². The zero-order valence-corrected chi connectivity index (χ0v) is 11.9. The summed E-state index contributed by atoms with van der Waals surface area (Å²) in [7, 11) is 0.